The van der Waals surface area contributed by atoms with Crippen LogP contribution in [0.2, 0.25) is 0 Å². The van der Waals surface area contributed by atoms with Crippen LogP contribution in [0.1, 0.15) is 25.3 Å². The first kappa shape index (κ1) is 18.4. The van der Waals surface area contributed by atoms with Crippen LogP contribution in [0.4, 0.5) is 4.79 Å². The molecule has 8 nitrogen and oxygen atoms in total. The van der Waals surface area contributed by atoms with Gasteiger partial charge in [0.2, 0.25) is 0 Å². The van der Waals surface area contributed by atoms with Crippen molar-refractivity contribution in [3.8, 4) is 0 Å². The molecule has 1 aliphatic heterocycles. The van der Waals surface area contributed by atoms with Gasteiger partial charge in [-0.05, 0) is 12.5 Å². The summed E-state index contributed by atoms with van der Waals surface area (Å²) in [6.07, 6.45) is -2.21. The quantitative estimate of drug-likeness (QED) is 0.379. The number of carbonyl (C=O) groups is 2. The number of hydrogen-bond donors (Lipinski definition) is 1. The molecule has 1 N–H and O–H groups in total. The zero-order valence-corrected chi connectivity index (χ0v) is 13.9. The van der Waals surface area contributed by atoms with Gasteiger partial charge in [-0.2, -0.15) is 0 Å². The first-order valence-corrected chi connectivity index (χ1v) is 7.82. The Morgan fingerprint density at radius 2 is 2.08 bits per heavy atom. The number of nitrogens with zero attached hydrogens (tertiary/aromatic N) is 2. The molecule has 1 aliphatic rings. The predicted molar refractivity (Wildman–Crippen MR) is 88.5 cm³/mol. The summed E-state index contributed by atoms with van der Waals surface area (Å²) in [6, 6.07) is 8.64. The normalized spacial score (nSPS) is 22.9. The maximum Gasteiger partial charge on any atom is 0.412 e. The standard InChI is InChI=1S/C17H20N2O6/c1-12(2)15(20)25-14-8-9-18(16(21)22)17(11-14,19(23)24)10-13-6-4-3-5-7-13/h3-7,14H,1,8-11H2,2H3,(H,21,22). The molecule has 1 heterocycles. The number of hydrogen-bond acceptors (Lipinski definition) is 5. The van der Waals surface area contributed by atoms with Crippen LogP contribution in [-0.2, 0) is 16.0 Å². The van der Waals surface area contributed by atoms with Crippen molar-refractivity contribution in [3.63, 3.8) is 0 Å². The van der Waals surface area contributed by atoms with Gasteiger partial charge in [0.25, 0.3) is 0 Å². The number of ether oxygens (including phenoxy) is 1. The van der Waals surface area contributed by atoms with Crippen molar-refractivity contribution in [3.05, 3.63) is 58.2 Å². The van der Waals surface area contributed by atoms with Crippen LogP contribution < -0.4 is 0 Å². The molecule has 134 valence electrons. The highest BCUT2D eigenvalue weighted by Crippen LogP contribution is 2.34. The van der Waals surface area contributed by atoms with E-state index in [1.165, 1.54) is 6.92 Å². The molecule has 1 fully saturated rings. The minimum Gasteiger partial charge on any atom is -0.465 e. The molecule has 0 aliphatic carbocycles. The van der Waals surface area contributed by atoms with Gasteiger partial charge in [0.05, 0.1) is 12.8 Å². The Morgan fingerprint density at radius 3 is 2.60 bits per heavy atom. The van der Waals surface area contributed by atoms with E-state index in [0.29, 0.717) is 5.56 Å². The molecular formula is C17H20N2O6. The van der Waals surface area contributed by atoms with Crippen LogP contribution in [-0.4, -0.2) is 45.3 Å². The lowest BCUT2D eigenvalue weighted by molar-refractivity contribution is -0.603. The smallest absolute Gasteiger partial charge is 0.412 e. The Bertz CT molecular complexity index is 690. The molecule has 1 amide bonds. The summed E-state index contributed by atoms with van der Waals surface area (Å²) < 4.78 is 5.26. The van der Waals surface area contributed by atoms with E-state index in [9.17, 15) is 24.8 Å². The highest BCUT2D eigenvalue weighted by molar-refractivity contribution is 5.87. The Hall–Kier alpha value is -2.90. The summed E-state index contributed by atoms with van der Waals surface area (Å²) >= 11 is 0. The van der Waals surface area contributed by atoms with Crippen LogP contribution in [0.5, 0.6) is 0 Å². The van der Waals surface area contributed by atoms with E-state index in [0.717, 1.165) is 4.90 Å². The van der Waals surface area contributed by atoms with Gasteiger partial charge in [0.1, 0.15) is 6.10 Å². The minimum atomic E-state index is -1.88. The van der Waals surface area contributed by atoms with Crippen LogP contribution in [0.25, 0.3) is 0 Å². The summed E-state index contributed by atoms with van der Waals surface area (Å²) in [7, 11) is 0. The van der Waals surface area contributed by atoms with Crippen molar-refractivity contribution in [1.82, 2.24) is 4.90 Å². The number of esters is 1. The number of nitro groups is 1. The lowest BCUT2D eigenvalue weighted by atomic mass is 9.87. The second kappa shape index (κ2) is 7.33. The van der Waals surface area contributed by atoms with Gasteiger partial charge < -0.3 is 9.84 Å². The maximum absolute atomic E-state index is 11.9. The summed E-state index contributed by atoms with van der Waals surface area (Å²) in [5, 5.41) is 21.4. The highest BCUT2D eigenvalue weighted by atomic mass is 16.6. The Kier molecular flexibility index (Phi) is 5.41. The first-order valence-electron chi connectivity index (χ1n) is 7.82. The van der Waals surface area contributed by atoms with Gasteiger partial charge in [-0.25, -0.2) is 14.5 Å². The number of rotatable bonds is 5. The van der Waals surface area contributed by atoms with Crippen LogP contribution in [0.3, 0.4) is 0 Å². The van der Waals surface area contributed by atoms with E-state index in [2.05, 4.69) is 6.58 Å². The number of carboxylic acid groups (broad SMARTS) is 1. The molecule has 1 aromatic carbocycles. The molecule has 0 bridgehead atoms. The van der Waals surface area contributed by atoms with Gasteiger partial charge >= 0.3 is 17.7 Å². The van der Waals surface area contributed by atoms with Crippen molar-refractivity contribution in [1.29, 1.82) is 0 Å². The number of likely N-dealkylation sites (tertiary alicyclic amines) is 1. The van der Waals surface area contributed by atoms with E-state index in [1.54, 1.807) is 30.3 Å². The van der Waals surface area contributed by atoms with E-state index in [1.807, 2.05) is 0 Å². The summed E-state index contributed by atoms with van der Waals surface area (Å²) in [5.74, 6) is -0.634. The molecule has 25 heavy (non-hydrogen) atoms. The fourth-order valence-electron chi connectivity index (χ4n) is 3.01. The molecule has 0 saturated carbocycles. The van der Waals surface area contributed by atoms with Gasteiger partial charge in [-0.1, -0.05) is 36.9 Å². The maximum atomic E-state index is 11.9. The van der Waals surface area contributed by atoms with Crippen molar-refractivity contribution >= 4 is 12.1 Å². The monoisotopic (exact) mass is 348 g/mol. The van der Waals surface area contributed by atoms with Crippen molar-refractivity contribution in [2.24, 2.45) is 0 Å². The molecule has 8 heteroatoms. The van der Waals surface area contributed by atoms with Gasteiger partial charge in [-0.3, -0.25) is 10.1 Å². The van der Waals surface area contributed by atoms with E-state index < -0.39 is 28.8 Å². The topological polar surface area (TPSA) is 110 Å². The molecule has 0 aromatic heterocycles. The predicted octanol–water partition coefficient (Wildman–Crippen LogP) is 2.46. The van der Waals surface area contributed by atoms with Gasteiger partial charge in [0, 0.05) is 23.5 Å². The number of carbonyl (C=O) groups excluding carboxylic acids is 1. The second-order valence-corrected chi connectivity index (χ2v) is 6.14. The van der Waals surface area contributed by atoms with E-state index >= 15 is 0 Å². The molecule has 1 aromatic rings. The third-order valence-electron chi connectivity index (χ3n) is 4.25. The lowest BCUT2D eigenvalue weighted by Gasteiger charge is -2.41. The average Bonchev–Trinajstić information content (AvgIpc) is 2.55. The van der Waals surface area contributed by atoms with Gasteiger partial charge in [0.15, 0.2) is 0 Å². The minimum absolute atomic E-state index is 0.0860. The van der Waals surface area contributed by atoms with Crippen LogP contribution in [0.15, 0.2) is 42.5 Å². The van der Waals surface area contributed by atoms with Crippen molar-refractivity contribution in [2.75, 3.05) is 6.54 Å². The molecule has 2 rings (SSSR count). The molecular weight excluding hydrogens is 328 g/mol. The zero-order valence-electron chi connectivity index (χ0n) is 13.9. The van der Waals surface area contributed by atoms with Gasteiger partial charge in [-0.15, -0.1) is 0 Å². The van der Waals surface area contributed by atoms with Crippen LogP contribution >= 0.6 is 0 Å². The third-order valence-corrected chi connectivity index (χ3v) is 4.25. The molecule has 0 radical (unpaired) electrons. The first-order chi connectivity index (χ1) is 11.8. The van der Waals surface area contributed by atoms with E-state index in [4.69, 9.17) is 4.74 Å². The van der Waals surface area contributed by atoms with Crippen LogP contribution in [0, 0.1) is 10.1 Å². The fourth-order valence-corrected chi connectivity index (χ4v) is 3.01. The number of piperidine rings is 1. The summed E-state index contributed by atoms with van der Waals surface area (Å²) in [4.78, 5) is 35.5. The lowest BCUT2D eigenvalue weighted by Crippen LogP contribution is -2.63. The Morgan fingerprint density at radius 1 is 1.44 bits per heavy atom. The third kappa shape index (κ3) is 3.96. The Labute approximate surface area is 144 Å². The van der Waals surface area contributed by atoms with E-state index in [-0.39, 0.29) is 31.4 Å². The zero-order chi connectivity index (χ0) is 18.6. The summed E-state index contributed by atoms with van der Waals surface area (Å²) in [6.45, 7) is 4.89. The molecule has 2 atom stereocenters. The fraction of sp³-hybridized carbons (Fsp3) is 0.412. The second-order valence-electron chi connectivity index (χ2n) is 6.14. The Balaban J connectivity index is 2.35. The van der Waals surface area contributed by atoms with Crippen molar-refractivity contribution < 1.29 is 24.4 Å². The highest BCUT2D eigenvalue weighted by Gasteiger charge is 2.56. The molecule has 2 unspecified atom stereocenters. The summed E-state index contributed by atoms with van der Waals surface area (Å²) in [5.41, 5.74) is -1.06. The number of amides is 1. The van der Waals surface area contributed by atoms with Crippen molar-refractivity contribution in [2.45, 2.75) is 38.0 Å². The number of benzene rings is 1. The SMILES string of the molecule is C=C(C)C(=O)OC1CCN(C(=O)O)C(Cc2ccccc2)([N+](=O)[O-])C1. The molecule has 1 saturated heterocycles. The average molecular weight is 348 g/mol. The largest absolute Gasteiger partial charge is 0.465 e. The molecule has 0 spiro atoms.